The molecular formula is C26H26N4O4. The minimum atomic E-state index is -0.162. The van der Waals surface area contributed by atoms with Crippen molar-refractivity contribution in [3.8, 4) is 28.4 Å². The van der Waals surface area contributed by atoms with E-state index in [0.29, 0.717) is 35.0 Å². The van der Waals surface area contributed by atoms with Gasteiger partial charge in [-0.15, -0.1) is 10.2 Å². The highest BCUT2D eigenvalue weighted by molar-refractivity contribution is 5.97. The van der Waals surface area contributed by atoms with Crippen molar-refractivity contribution in [3.63, 3.8) is 0 Å². The van der Waals surface area contributed by atoms with E-state index in [1.807, 2.05) is 30.3 Å². The Labute approximate surface area is 197 Å². The highest BCUT2D eigenvalue weighted by Crippen LogP contribution is 2.40. The molecule has 174 valence electrons. The van der Waals surface area contributed by atoms with Gasteiger partial charge in [-0.2, -0.15) is 5.10 Å². The first-order chi connectivity index (χ1) is 16.4. The van der Waals surface area contributed by atoms with E-state index < -0.39 is 0 Å². The predicted molar refractivity (Wildman–Crippen MR) is 127 cm³/mol. The van der Waals surface area contributed by atoms with Crippen molar-refractivity contribution in [1.29, 1.82) is 0 Å². The summed E-state index contributed by atoms with van der Waals surface area (Å²) < 4.78 is 12.7. The molecule has 2 aromatic heterocycles. The Morgan fingerprint density at radius 3 is 2.50 bits per heavy atom. The average Bonchev–Trinajstić information content (AvgIpc) is 3.24. The van der Waals surface area contributed by atoms with E-state index in [-0.39, 0.29) is 29.8 Å². The SMILES string of the molecule is COc1ccc(-c2c(C(C)C)nn3c4c(nnc23)C(=O)C[C@@H](c2ccccc2O)C4)cc1OC. The maximum absolute atomic E-state index is 13.0. The lowest BCUT2D eigenvalue weighted by molar-refractivity contribution is 0.0955. The third-order valence-corrected chi connectivity index (χ3v) is 6.39. The van der Waals surface area contributed by atoms with Crippen molar-refractivity contribution in [2.24, 2.45) is 0 Å². The van der Waals surface area contributed by atoms with Crippen LogP contribution in [0.4, 0.5) is 0 Å². The molecule has 0 saturated carbocycles. The fourth-order valence-corrected chi connectivity index (χ4v) is 4.71. The van der Waals surface area contributed by atoms with Crippen LogP contribution in [0, 0.1) is 0 Å². The number of carbonyl (C=O) groups excluding carboxylic acids is 1. The van der Waals surface area contributed by atoms with E-state index in [0.717, 1.165) is 22.4 Å². The van der Waals surface area contributed by atoms with Crippen molar-refractivity contribution in [1.82, 2.24) is 19.8 Å². The van der Waals surface area contributed by atoms with Crippen LogP contribution in [0.15, 0.2) is 42.5 Å². The van der Waals surface area contributed by atoms with Gasteiger partial charge in [0.2, 0.25) is 0 Å². The maximum Gasteiger partial charge on any atom is 0.185 e. The molecule has 0 bridgehead atoms. The van der Waals surface area contributed by atoms with Gasteiger partial charge in [-0.05, 0) is 41.7 Å². The van der Waals surface area contributed by atoms with Crippen molar-refractivity contribution < 1.29 is 19.4 Å². The standard InChI is InChI=1S/C26H26N4O4/c1-14(2)24-23(15-9-10-21(33-3)22(13-15)34-4)26-28-27-25-18(30(26)29-24)11-16(12-20(25)32)17-7-5-6-8-19(17)31/h5-10,13-14,16,31H,11-12H2,1-4H3/t16-/m0/s1. The number of rotatable bonds is 5. The molecule has 4 aromatic rings. The summed E-state index contributed by atoms with van der Waals surface area (Å²) in [5.41, 5.74) is 4.97. The Balaban J connectivity index is 1.71. The number of Topliss-reactive ketones (excluding diaryl/α,β-unsaturated/α-hetero) is 1. The second-order valence-electron chi connectivity index (χ2n) is 8.80. The average molecular weight is 459 g/mol. The summed E-state index contributed by atoms with van der Waals surface area (Å²) in [6, 6.07) is 12.9. The summed E-state index contributed by atoms with van der Waals surface area (Å²) in [5.74, 6) is 1.27. The molecule has 8 nitrogen and oxygen atoms in total. The fourth-order valence-electron chi connectivity index (χ4n) is 4.71. The Hall–Kier alpha value is -3.94. The number of aromatic nitrogens is 4. The smallest absolute Gasteiger partial charge is 0.185 e. The van der Waals surface area contributed by atoms with Crippen molar-refractivity contribution in [3.05, 3.63) is 65.1 Å². The molecule has 0 unspecified atom stereocenters. The van der Waals surface area contributed by atoms with Crippen LogP contribution in [-0.4, -0.2) is 44.9 Å². The number of hydrogen-bond donors (Lipinski definition) is 1. The Kier molecular flexibility index (Phi) is 5.43. The second-order valence-corrected chi connectivity index (χ2v) is 8.80. The molecule has 1 atom stereocenters. The van der Waals surface area contributed by atoms with Gasteiger partial charge in [0, 0.05) is 12.3 Å². The zero-order valence-electron chi connectivity index (χ0n) is 19.6. The fraction of sp³-hybridized carbons (Fsp3) is 0.308. The molecule has 0 fully saturated rings. The summed E-state index contributed by atoms with van der Waals surface area (Å²) in [4.78, 5) is 13.0. The molecule has 0 saturated heterocycles. The van der Waals surface area contributed by atoms with E-state index in [1.54, 1.807) is 30.9 Å². The third kappa shape index (κ3) is 3.46. The number of aromatic hydroxyl groups is 1. The molecule has 0 amide bonds. The van der Waals surface area contributed by atoms with Gasteiger partial charge in [-0.25, -0.2) is 4.52 Å². The Morgan fingerprint density at radius 1 is 1.03 bits per heavy atom. The van der Waals surface area contributed by atoms with Gasteiger partial charge in [-0.1, -0.05) is 38.1 Å². The molecule has 8 heteroatoms. The molecule has 1 N–H and O–H groups in total. The van der Waals surface area contributed by atoms with Gasteiger partial charge >= 0.3 is 0 Å². The van der Waals surface area contributed by atoms with Crippen LogP contribution in [0.5, 0.6) is 17.2 Å². The number of methoxy groups -OCH3 is 2. The highest BCUT2D eigenvalue weighted by atomic mass is 16.5. The van der Waals surface area contributed by atoms with Crippen LogP contribution in [0.1, 0.15) is 59.5 Å². The number of para-hydroxylation sites is 1. The molecule has 1 aliphatic carbocycles. The van der Waals surface area contributed by atoms with Gasteiger partial charge in [-0.3, -0.25) is 4.79 Å². The first kappa shape index (κ1) is 21.9. The molecular weight excluding hydrogens is 432 g/mol. The number of phenols is 1. The monoisotopic (exact) mass is 458 g/mol. The van der Waals surface area contributed by atoms with Crippen LogP contribution in [0.2, 0.25) is 0 Å². The first-order valence-electron chi connectivity index (χ1n) is 11.2. The number of ether oxygens (including phenoxy) is 2. The van der Waals surface area contributed by atoms with E-state index in [2.05, 4.69) is 24.0 Å². The normalized spacial score (nSPS) is 15.6. The molecule has 1 aliphatic rings. The number of hydrogen-bond acceptors (Lipinski definition) is 7. The summed E-state index contributed by atoms with van der Waals surface area (Å²) in [6.45, 7) is 4.14. The topological polar surface area (TPSA) is 98.8 Å². The van der Waals surface area contributed by atoms with Crippen LogP contribution >= 0.6 is 0 Å². The lowest BCUT2D eigenvalue weighted by Crippen LogP contribution is -2.24. The quantitative estimate of drug-likeness (QED) is 0.468. The number of phenolic OH excluding ortho intramolecular Hbond substituents is 1. The Bertz CT molecular complexity index is 1410. The largest absolute Gasteiger partial charge is 0.508 e. The number of fused-ring (bicyclic) bond motifs is 3. The minimum Gasteiger partial charge on any atom is -0.508 e. The van der Waals surface area contributed by atoms with Gasteiger partial charge in [0.25, 0.3) is 0 Å². The van der Waals surface area contributed by atoms with Crippen LogP contribution in [-0.2, 0) is 6.42 Å². The van der Waals surface area contributed by atoms with E-state index in [1.165, 1.54) is 0 Å². The zero-order valence-corrected chi connectivity index (χ0v) is 19.6. The molecule has 0 radical (unpaired) electrons. The van der Waals surface area contributed by atoms with Crippen LogP contribution < -0.4 is 9.47 Å². The molecule has 2 aromatic carbocycles. The molecule has 0 spiro atoms. The van der Waals surface area contributed by atoms with Gasteiger partial charge in [0.15, 0.2) is 28.6 Å². The van der Waals surface area contributed by atoms with Crippen LogP contribution in [0.3, 0.4) is 0 Å². The number of benzene rings is 2. The third-order valence-electron chi connectivity index (χ3n) is 6.39. The lowest BCUT2D eigenvalue weighted by Gasteiger charge is -2.23. The summed E-state index contributed by atoms with van der Waals surface area (Å²) in [5, 5.41) is 24.1. The minimum absolute atomic E-state index is 0.0989. The summed E-state index contributed by atoms with van der Waals surface area (Å²) in [6.07, 6.45) is 0.793. The van der Waals surface area contributed by atoms with E-state index >= 15 is 0 Å². The highest BCUT2D eigenvalue weighted by Gasteiger charge is 2.33. The molecule has 5 rings (SSSR count). The van der Waals surface area contributed by atoms with E-state index in [9.17, 15) is 9.90 Å². The number of ketones is 1. The van der Waals surface area contributed by atoms with Gasteiger partial charge < -0.3 is 14.6 Å². The molecule has 0 aliphatic heterocycles. The van der Waals surface area contributed by atoms with E-state index in [4.69, 9.17) is 14.6 Å². The number of nitrogens with zero attached hydrogens (tertiary/aromatic N) is 4. The second kappa shape index (κ2) is 8.44. The summed E-state index contributed by atoms with van der Waals surface area (Å²) in [7, 11) is 3.20. The predicted octanol–water partition coefficient (Wildman–Crippen LogP) is 4.55. The van der Waals surface area contributed by atoms with Crippen molar-refractivity contribution in [2.75, 3.05) is 14.2 Å². The molecule has 34 heavy (non-hydrogen) atoms. The van der Waals surface area contributed by atoms with Gasteiger partial charge in [0.1, 0.15) is 5.75 Å². The molecule has 2 heterocycles. The van der Waals surface area contributed by atoms with Crippen LogP contribution in [0.25, 0.3) is 16.8 Å². The lowest BCUT2D eigenvalue weighted by atomic mass is 9.83. The van der Waals surface area contributed by atoms with Crippen molar-refractivity contribution in [2.45, 2.75) is 38.5 Å². The zero-order chi connectivity index (χ0) is 24.0. The first-order valence-corrected chi connectivity index (χ1v) is 11.2. The number of carbonyl (C=O) groups is 1. The van der Waals surface area contributed by atoms with Gasteiger partial charge in [0.05, 0.1) is 31.2 Å². The summed E-state index contributed by atoms with van der Waals surface area (Å²) >= 11 is 0. The Morgan fingerprint density at radius 2 is 1.79 bits per heavy atom. The maximum atomic E-state index is 13.0. The van der Waals surface area contributed by atoms with Crippen molar-refractivity contribution >= 4 is 11.4 Å².